The van der Waals surface area contributed by atoms with Crippen molar-refractivity contribution in [2.75, 3.05) is 18.1 Å². The predicted molar refractivity (Wildman–Crippen MR) is 116 cm³/mol. The summed E-state index contributed by atoms with van der Waals surface area (Å²) in [5.74, 6) is 1.79. The lowest BCUT2D eigenvalue weighted by molar-refractivity contribution is 0.203. The zero-order valence-corrected chi connectivity index (χ0v) is 17.1. The van der Waals surface area contributed by atoms with E-state index >= 15 is 0 Å². The van der Waals surface area contributed by atoms with Gasteiger partial charge in [-0.3, -0.25) is 0 Å². The van der Waals surface area contributed by atoms with Gasteiger partial charge < -0.3 is 9.99 Å². The Morgan fingerprint density at radius 2 is 1.90 bits per heavy atom. The first-order chi connectivity index (χ1) is 14.2. The average Bonchev–Trinajstić information content (AvgIpc) is 3.50. The Morgan fingerprint density at radius 1 is 1.10 bits per heavy atom. The highest BCUT2D eigenvalue weighted by atomic mass is 35.5. The van der Waals surface area contributed by atoms with Crippen molar-refractivity contribution in [3.8, 4) is 6.07 Å². The molecule has 1 saturated heterocycles. The lowest BCUT2D eigenvalue weighted by atomic mass is 10.0. The highest BCUT2D eigenvalue weighted by molar-refractivity contribution is 6.30. The Labute approximate surface area is 175 Å². The van der Waals surface area contributed by atoms with Crippen LogP contribution < -0.4 is 5.01 Å². The number of aromatic amines is 1. The number of hydrazine groups is 1. The van der Waals surface area contributed by atoms with E-state index in [1.807, 2.05) is 24.3 Å². The van der Waals surface area contributed by atoms with Crippen LogP contribution in [0.15, 0.2) is 36.4 Å². The van der Waals surface area contributed by atoms with Gasteiger partial charge in [-0.05, 0) is 43.7 Å². The van der Waals surface area contributed by atoms with Gasteiger partial charge in [-0.1, -0.05) is 35.9 Å². The van der Waals surface area contributed by atoms with E-state index in [1.54, 1.807) is 0 Å². The molecule has 1 aliphatic carbocycles. The molecular formula is C23H24ClN5. The molecule has 0 atom stereocenters. The summed E-state index contributed by atoms with van der Waals surface area (Å²) in [6.45, 7) is 2.64. The summed E-state index contributed by atoms with van der Waals surface area (Å²) in [4.78, 5) is 8.03. The number of nitriles is 1. The summed E-state index contributed by atoms with van der Waals surface area (Å²) in [6, 6.07) is 14.5. The molecule has 1 aromatic heterocycles. The second kappa shape index (κ2) is 7.70. The number of H-pyrrole nitrogens is 1. The molecule has 6 heteroatoms. The molecule has 1 aliphatic heterocycles. The number of hydrogen-bond acceptors (Lipinski definition) is 4. The smallest absolute Gasteiger partial charge is 0.151 e. The van der Waals surface area contributed by atoms with Crippen molar-refractivity contribution in [3.63, 3.8) is 0 Å². The third-order valence-electron chi connectivity index (χ3n) is 5.97. The van der Waals surface area contributed by atoms with Gasteiger partial charge in [0.05, 0.1) is 29.6 Å². The van der Waals surface area contributed by atoms with Crippen molar-refractivity contribution in [2.45, 2.75) is 38.6 Å². The summed E-state index contributed by atoms with van der Waals surface area (Å²) < 4.78 is 0. The number of anilines is 1. The quantitative estimate of drug-likeness (QED) is 0.644. The van der Waals surface area contributed by atoms with Crippen molar-refractivity contribution < 1.29 is 0 Å². The minimum atomic E-state index is 0.593. The van der Waals surface area contributed by atoms with Gasteiger partial charge in [0, 0.05) is 30.3 Å². The summed E-state index contributed by atoms with van der Waals surface area (Å²) in [7, 11) is 0. The lowest BCUT2D eigenvalue weighted by Gasteiger charge is -2.40. The first-order valence-electron chi connectivity index (χ1n) is 10.4. The minimum absolute atomic E-state index is 0.593. The molecule has 29 heavy (non-hydrogen) atoms. The Kier molecular flexibility index (Phi) is 4.91. The molecular weight excluding hydrogens is 382 g/mol. The molecule has 5 rings (SSSR count). The summed E-state index contributed by atoms with van der Waals surface area (Å²) >= 11 is 6.47. The molecule has 148 valence electrons. The van der Waals surface area contributed by atoms with E-state index in [9.17, 15) is 5.26 Å². The maximum atomic E-state index is 9.48. The third kappa shape index (κ3) is 3.71. The monoisotopic (exact) mass is 405 g/mol. The maximum absolute atomic E-state index is 9.48. The van der Waals surface area contributed by atoms with Crippen molar-refractivity contribution >= 4 is 28.1 Å². The Hall–Kier alpha value is -2.55. The maximum Gasteiger partial charge on any atom is 0.151 e. The van der Waals surface area contributed by atoms with E-state index in [1.165, 1.54) is 12.8 Å². The summed E-state index contributed by atoms with van der Waals surface area (Å²) in [6.07, 6.45) is 5.92. The molecule has 0 amide bonds. The van der Waals surface area contributed by atoms with Gasteiger partial charge >= 0.3 is 0 Å². The van der Waals surface area contributed by atoms with Gasteiger partial charge in [0.2, 0.25) is 0 Å². The van der Waals surface area contributed by atoms with E-state index in [-0.39, 0.29) is 0 Å². The van der Waals surface area contributed by atoms with Crippen LogP contribution in [0.25, 0.3) is 10.8 Å². The van der Waals surface area contributed by atoms with Crippen LogP contribution in [-0.2, 0) is 13.0 Å². The molecule has 0 unspecified atom stereocenters. The number of hydrogen-bond donors (Lipinski definition) is 1. The molecule has 2 aliphatic rings. The van der Waals surface area contributed by atoms with Crippen molar-refractivity contribution in [1.82, 2.24) is 15.0 Å². The van der Waals surface area contributed by atoms with Crippen LogP contribution in [0.2, 0.25) is 5.15 Å². The molecule has 0 radical (unpaired) electrons. The second-order valence-electron chi connectivity index (χ2n) is 8.11. The summed E-state index contributed by atoms with van der Waals surface area (Å²) in [5, 5.41) is 16.9. The number of aromatic nitrogens is 2. The molecule has 2 aromatic carbocycles. The molecule has 1 saturated carbocycles. The van der Waals surface area contributed by atoms with E-state index in [2.05, 4.69) is 38.2 Å². The van der Waals surface area contributed by atoms with Crippen LogP contribution in [-0.4, -0.2) is 28.1 Å². The zero-order chi connectivity index (χ0) is 19.8. The second-order valence-corrected chi connectivity index (χ2v) is 8.47. The highest BCUT2D eigenvalue weighted by Gasteiger charge is 2.26. The minimum Gasteiger partial charge on any atom is -0.343 e. The number of rotatable bonds is 5. The predicted octanol–water partition coefficient (Wildman–Crippen LogP) is 5.06. The van der Waals surface area contributed by atoms with Crippen molar-refractivity contribution in [3.05, 3.63) is 58.6 Å². The fourth-order valence-corrected chi connectivity index (χ4v) is 4.49. The van der Waals surface area contributed by atoms with Crippen molar-refractivity contribution in [2.24, 2.45) is 5.92 Å². The Bertz CT molecular complexity index is 1080. The van der Waals surface area contributed by atoms with Crippen LogP contribution >= 0.6 is 11.6 Å². The SMILES string of the molecule is N#Cc1ccc(N2CCCCN2Cc2[nH]c(CC3CC3)nc2Cl)c2ccccc12. The van der Waals surface area contributed by atoms with Gasteiger partial charge in [0.25, 0.3) is 0 Å². The lowest BCUT2D eigenvalue weighted by Crippen LogP contribution is -2.47. The van der Waals surface area contributed by atoms with Crippen LogP contribution in [0.4, 0.5) is 5.69 Å². The fourth-order valence-electron chi connectivity index (χ4n) is 4.28. The van der Waals surface area contributed by atoms with Gasteiger partial charge in [-0.2, -0.15) is 5.26 Å². The number of imidazole rings is 1. The van der Waals surface area contributed by atoms with E-state index in [0.29, 0.717) is 17.3 Å². The first-order valence-corrected chi connectivity index (χ1v) is 10.8. The van der Waals surface area contributed by atoms with Crippen molar-refractivity contribution in [1.29, 1.82) is 5.26 Å². The van der Waals surface area contributed by atoms with Gasteiger partial charge in [0.1, 0.15) is 5.82 Å². The fraction of sp³-hybridized carbons (Fsp3) is 0.391. The van der Waals surface area contributed by atoms with Gasteiger partial charge in [-0.25, -0.2) is 9.99 Å². The standard InChI is InChI=1S/C23H24ClN5/c24-23-20(26-22(27-23)13-16-7-8-16)15-28-11-3-4-12-29(28)21-10-9-17(14-25)18-5-1-2-6-19(18)21/h1-2,5-6,9-10,16H,3-4,7-8,11-13,15H2,(H,26,27). The molecule has 5 nitrogen and oxygen atoms in total. The largest absolute Gasteiger partial charge is 0.343 e. The molecule has 2 fully saturated rings. The molecule has 3 aromatic rings. The number of benzene rings is 2. The van der Waals surface area contributed by atoms with E-state index in [0.717, 1.165) is 66.2 Å². The Morgan fingerprint density at radius 3 is 2.69 bits per heavy atom. The highest BCUT2D eigenvalue weighted by Crippen LogP contribution is 2.34. The molecule has 0 spiro atoms. The summed E-state index contributed by atoms with van der Waals surface area (Å²) in [5.41, 5.74) is 2.86. The average molecular weight is 406 g/mol. The molecule has 2 heterocycles. The molecule has 1 N–H and O–H groups in total. The van der Waals surface area contributed by atoms with Crippen LogP contribution in [0.3, 0.4) is 0 Å². The zero-order valence-electron chi connectivity index (χ0n) is 16.4. The van der Waals surface area contributed by atoms with Gasteiger partial charge in [-0.15, -0.1) is 0 Å². The Balaban J connectivity index is 1.46. The van der Waals surface area contributed by atoms with E-state index < -0.39 is 0 Å². The number of halogens is 1. The van der Waals surface area contributed by atoms with Crippen LogP contribution in [0.5, 0.6) is 0 Å². The molecule has 0 bridgehead atoms. The number of fused-ring (bicyclic) bond motifs is 1. The third-order valence-corrected chi connectivity index (χ3v) is 6.29. The van der Waals surface area contributed by atoms with Crippen LogP contribution in [0, 0.1) is 17.2 Å². The normalized spacial score (nSPS) is 17.6. The number of nitrogens with one attached hydrogen (secondary N) is 1. The number of nitrogens with zero attached hydrogens (tertiary/aromatic N) is 4. The first kappa shape index (κ1) is 18.5. The van der Waals surface area contributed by atoms with Crippen LogP contribution in [0.1, 0.15) is 42.8 Å². The van der Waals surface area contributed by atoms with E-state index in [4.69, 9.17) is 11.6 Å². The van der Waals surface area contributed by atoms with Gasteiger partial charge in [0.15, 0.2) is 5.15 Å². The topological polar surface area (TPSA) is 59.0 Å².